The average molecular weight is 1200 g/mol. The molecule has 0 fully saturated rings. The summed E-state index contributed by atoms with van der Waals surface area (Å²) in [6.07, 6.45) is 8.27. The van der Waals surface area contributed by atoms with Gasteiger partial charge in [-0.2, -0.15) is 9.97 Å². The Bertz CT molecular complexity index is 6010. The second-order valence-corrected chi connectivity index (χ2v) is 23.9. The molecule has 11 aromatic carbocycles. The second-order valence-electron chi connectivity index (χ2n) is 23.9. The summed E-state index contributed by atoms with van der Waals surface area (Å²) in [4.78, 5) is 36.1. The minimum atomic E-state index is 0.513. The number of hydrogen-bond donors (Lipinski definition) is 0. The molecule has 0 unspecified atom stereocenters. The average Bonchev–Trinajstić information content (AvgIpc) is 1.52. The van der Waals surface area contributed by atoms with Crippen LogP contribution in [0.3, 0.4) is 0 Å². The summed E-state index contributed by atoms with van der Waals surface area (Å²) >= 11 is 0. The highest BCUT2D eigenvalue weighted by Gasteiger charge is 2.29. The van der Waals surface area contributed by atoms with Gasteiger partial charge in [0.15, 0.2) is 29.1 Å². The standard InChI is InChI=1S/C83H53N11/c1-7-24-52(25-8-1)78-85-79(53-26-9-2-10-27-53)88-82(87-78)69-51-57(48-49-84-69)56-32-23-37-60(50-56)91-70-40-21-19-38-61(70)63-42-44-65-66-46-47-67-68-45-43-64-62-39-20-22-41-71(62)94(83-89-80(54-28-11-3-12-29-54)86-81(90-83)55-30-13-4-14-31-55)77(64)76(68)93(59-35-17-6-18-36-59)75(67)74(66)92(73(65)72(63)91)58-33-15-5-16-34-58/h1-22,24-36,38-51H,23,37H2. The van der Waals surface area contributed by atoms with Crippen molar-refractivity contribution in [3.8, 4) is 74.4 Å². The fourth-order valence-electron chi connectivity index (χ4n) is 14.5. The van der Waals surface area contributed by atoms with Crippen molar-refractivity contribution in [2.45, 2.75) is 12.8 Å². The molecule has 0 aliphatic heterocycles. The number of rotatable bonds is 10. The maximum Gasteiger partial charge on any atom is 0.238 e. The topological polar surface area (TPSA) is 110 Å². The van der Waals surface area contributed by atoms with Crippen LogP contribution in [0.1, 0.15) is 18.4 Å². The third-order valence-electron chi connectivity index (χ3n) is 18.6. The van der Waals surface area contributed by atoms with E-state index in [1.807, 2.05) is 103 Å². The van der Waals surface area contributed by atoms with E-state index in [2.05, 4.69) is 212 Å². The molecule has 440 valence electrons. The molecule has 11 nitrogen and oxygen atoms in total. The van der Waals surface area contributed by atoms with Gasteiger partial charge in [0.1, 0.15) is 5.69 Å². The first kappa shape index (κ1) is 53.1. The van der Waals surface area contributed by atoms with Crippen LogP contribution < -0.4 is 0 Å². The van der Waals surface area contributed by atoms with Gasteiger partial charge in [-0.25, -0.2) is 19.9 Å². The van der Waals surface area contributed by atoms with Crippen LogP contribution in [0.5, 0.6) is 0 Å². The van der Waals surface area contributed by atoms with E-state index in [4.69, 9.17) is 34.9 Å². The Kier molecular flexibility index (Phi) is 12.1. The van der Waals surface area contributed by atoms with Crippen LogP contribution >= 0.6 is 0 Å². The number of hydrogen-bond acceptors (Lipinski definition) is 7. The zero-order valence-corrected chi connectivity index (χ0v) is 50.6. The first-order chi connectivity index (χ1) is 46.6. The molecule has 0 atom stereocenters. The van der Waals surface area contributed by atoms with E-state index in [0.717, 1.165) is 134 Å². The maximum atomic E-state index is 5.43. The summed E-state index contributed by atoms with van der Waals surface area (Å²) in [5.41, 5.74) is 18.4. The molecule has 0 saturated carbocycles. The summed E-state index contributed by atoms with van der Waals surface area (Å²) in [6.45, 7) is 0. The van der Waals surface area contributed by atoms with Crippen LogP contribution in [-0.2, 0) is 0 Å². The molecule has 0 amide bonds. The zero-order chi connectivity index (χ0) is 61.8. The Morgan fingerprint density at radius 3 is 1.07 bits per heavy atom. The van der Waals surface area contributed by atoms with Gasteiger partial charge in [-0.15, -0.1) is 0 Å². The van der Waals surface area contributed by atoms with Gasteiger partial charge < -0.3 is 13.7 Å². The highest BCUT2D eigenvalue weighted by Crippen LogP contribution is 2.49. The van der Waals surface area contributed by atoms with Crippen molar-refractivity contribution in [1.82, 2.24) is 53.2 Å². The molecule has 1 aliphatic carbocycles. The molecule has 94 heavy (non-hydrogen) atoms. The van der Waals surface area contributed by atoms with E-state index >= 15 is 0 Å². The third-order valence-corrected chi connectivity index (χ3v) is 18.6. The lowest BCUT2D eigenvalue weighted by Crippen LogP contribution is -2.07. The van der Waals surface area contributed by atoms with Crippen molar-refractivity contribution in [1.29, 1.82) is 0 Å². The zero-order valence-electron chi connectivity index (χ0n) is 50.6. The molecule has 18 aromatic rings. The van der Waals surface area contributed by atoms with E-state index in [1.54, 1.807) is 0 Å². The summed E-state index contributed by atoms with van der Waals surface area (Å²) < 4.78 is 9.90. The maximum absolute atomic E-state index is 5.43. The van der Waals surface area contributed by atoms with Crippen LogP contribution in [0.25, 0.3) is 173 Å². The lowest BCUT2D eigenvalue weighted by atomic mass is 9.97. The summed E-state index contributed by atoms with van der Waals surface area (Å²) in [5, 5.41) is 9.09. The van der Waals surface area contributed by atoms with Gasteiger partial charge in [0.2, 0.25) is 5.95 Å². The largest absolute Gasteiger partial charge is 0.311 e. The quantitative estimate of drug-likeness (QED) is 0.134. The third kappa shape index (κ3) is 8.41. The van der Waals surface area contributed by atoms with Crippen LogP contribution in [-0.4, -0.2) is 53.2 Å². The molecule has 11 heteroatoms. The minimum absolute atomic E-state index is 0.513. The fourth-order valence-corrected chi connectivity index (χ4v) is 14.5. The van der Waals surface area contributed by atoms with Gasteiger partial charge in [0.25, 0.3) is 0 Å². The summed E-state index contributed by atoms with van der Waals surface area (Å²) in [7, 11) is 0. The van der Waals surface area contributed by atoms with Gasteiger partial charge in [-0.3, -0.25) is 9.55 Å². The molecule has 0 bridgehead atoms. The number of fused-ring (bicyclic) bond motifs is 15. The van der Waals surface area contributed by atoms with Crippen LogP contribution in [0.15, 0.2) is 297 Å². The van der Waals surface area contributed by atoms with Gasteiger partial charge in [-0.1, -0.05) is 237 Å². The monoisotopic (exact) mass is 1200 g/mol. The first-order valence-corrected chi connectivity index (χ1v) is 31.8. The number of aromatic nitrogens is 11. The van der Waals surface area contributed by atoms with E-state index in [9.17, 15) is 0 Å². The smallest absolute Gasteiger partial charge is 0.238 e. The molecule has 7 aromatic heterocycles. The minimum Gasteiger partial charge on any atom is -0.311 e. The summed E-state index contributed by atoms with van der Waals surface area (Å²) in [5.74, 6) is 3.43. The Hall–Kier alpha value is -12.7. The fraction of sp³-hybridized carbons (Fsp3) is 0.0241. The molecule has 19 rings (SSSR count). The molecular weight excluding hydrogens is 1150 g/mol. The van der Waals surface area contributed by atoms with Crippen molar-refractivity contribution in [2.75, 3.05) is 0 Å². The predicted molar refractivity (Wildman–Crippen MR) is 382 cm³/mol. The predicted octanol–water partition coefficient (Wildman–Crippen LogP) is 19.9. The molecule has 7 heterocycles. The number of benzene rings is 11. The van der Waals surface area contributed by atoms with Gasteiger partial charge in [-0.05, 0) is 78.6 Å². The van der Waals surface area contributed by atoms with E-state index in [1.165, 1.54) is 16.5 Å². The molecule has 0 N–H and O–H groups in total. The van der Waals surface area contributed by atoms with Crippen molar-refractivity contribution in [3.63, 3.8) is 0 Å². The number of nitrogens with zero attached hydrogens (tertiary/aromatic N) is 11. The normalized spacial score (nSPS) is 12.7. The lowest BCUT2D eigenvalue weighted by molar-refractivity contribution is 0.953. The van der Waals surface area contributed by atoms with Crippen LogP contribution in [0, 0.1) is 0 Å². The SMILES string of the molecule is C1=C(c2ccnc(-c3nc(-c4ccccc4)nc(-c4ccccc4)n3)c2)C=C(n2c3ccccc3c3ccc4c5ccc6c7ccc8c9ccccc9n(-c9nc(-c%10ccccc%10)nc(-c%10ccccc%10)n9)c8c7n(-c7ccccc7)c6c5n(-c5ccccc5)c4c32)CC1. The molecule has 0 radical (unpaired) electrons. The Morgan fingerprint density at radius 2 is 0.628 bits per heavy atom. The van der Waals surface area contributed by atoms with Crippen molar-refractivity contribution >= 4 is 98.5 Å². The molecule has 1 aliphatic rings. The molecule has 0 saturated heterocycles. The Morgan fingerprint density at radius 1 is 0.277 bits per heavy atom. The van der Waals surface area contributed by atoms with Gasteiger partial charge >= 0.3 is 0 Å². The Balaban J connectivity index is 0.874. The van der Waals surface area contributed by atoms with Crippen molar-refractivity contribution < 1.29 is 0 Å². The van der Waals surface area contributed by atoms with Gasteiger partial charge in [0.05, 0.1) is 44.1 Å². The number of pyridine rings is 1. The van der Waals surface area contributed by atoms with E-state index in [-0.39, 0.29) is 0 Å². The van der Waals surface area contributed by atoms with Crippen molar-refractivity contribution in [2.24, 2.45) is 0 Å². The lowest BCUT2D eigenvalue weighted by Gasteiger charge is -2.19. The first-order valence-electron chi connectivity index (χ1n) is 31.8. The molecular formula is C83H53N11. The van der Waals surface area contributed by atoms with Crippen LogP contribution in [0.2, 0.25) is 0 Å². The molecule has 0 spiro atoms. The van der Waals surface area contributed by atoms with Crippen molar-refractivity contribution in [3.05, 3.63) is 303 Å². The highest BCUT2D eigenvalue weighted by molar-refractivity contribution is 6.31. The number of para-hydroxylation sites is 4. The van der Waals surface area contributed by atoms with E-state index < -0.39 is 0 Å². The number of allylic oxidation sites excluding steroid dienone is 4. The second kappa shape index (κ2) is 21.5. The van der Waals surface area contributed by atoms with Crippen LogP contribution in [0.4, 0.5) is 0 Å². The van der Waals surface area contributed by atoms with E-state index in [0.29, 0.717) is 40.8 Å². The van der Waals surface area contributed by atoms with Gasteiger partial charge in [0, 0.05) is 88.6 Å². The Labute approximate surface area is 538 Å². The summed E-state index contributed by atoms with van der Waals surface area (Å²) in [6, 6.07) is 98.2. The highest BCUT2D eigenvalue weighted by atomic mass is 15.2.